The quantitative estimate of drug-likeness (QED) is 0.564. The van der Waals surface area contributed by atoms with E-state index in [1.54, 1.807) is 54.4 Å². The average Bonchev–Trinajstić information content (AvgIpc) is 2.76. The molecule has 0 spiro atoms. The molecule has 3 unspecified atom stereocenters. The van der Waals surface area contributed by atoms with Gasteiger partial charge >= 0.3 is 12.1 Å². The highest BCUT2D eigenvalue weighted by molar-refractivity contribution is 5.73. The molecule has 31 heavy (non-hydrogen) atoms. The number of aliphatic hydroxyl groups is 1. The Morgan fingerprint density at radius 2 is 1.68 bits per heavy atom. The van der Waals surface area contributed by atoms with E-state index in [4.69, 9.17) is 0 Å². The molecule has 0 radical (unpaired) electrons. The fraction of sp³-hybridized carbons (Fsp3) is 0.208. The summed E-state index contributed by atoms with van der Waals surface area (Å²) >= 11 is 0. The van der Waals surface area contributed by atoms with Crippen molar-refractivity contribution in [1.29, 1.82) is 0 Å². The maximum absolute atomic E-state index is 12.8. The molecule has 7 heteroatoms. The van der Waals surface area contributed by atoms with Gasteiger partial charge in [-0.05, 0) is 42.5 Å². The monoisotopic (exact) mass is 427 g/mol. The number of aliphatic carboxylic acids is 1. The molecule has 1 aliphatic carbocycles. The second-order valence-corrected chi connectivity index (χ2v) is 7.11. The molecule has 2 aromatic rings. The van der Waals surface area contributed by atoms with Crippen LogP contribution in [0.1, 0.15) is 16.7 Å². The number of hydrogen-bond donors (Lipinski definition) is 2. The standard InChI is InChI=1S/C24H20F3NO3/c1-28(22(29)20-7-2-3-8-21(20)23(30)31)19-13-11-16(12-14-19)9-10-17-5-4-6-18(15-17)24(25,26)27/h2-8,11-15,20-22,29H,1H3,(H,30,31). The van der Waals surface area contributed by atoms with Crippen molar-refractivity contribution in [3.63, 3.8) is 0 Å². The van der Waals surface area contributed by atoms with Crippen LogP contribution in [-0.4, -0.2) is 29.5 Å². The molecule has 0 aromatic heterocycles. The number of rotatable bonds is 4. The van der Waals surface area contributed by atoms with Gasteiger partial charge in [0, 0.05) is 29.8 Å². The predicted octanol–water partition coefficient (Wildman–Crippen LogP) is 4.30. The molecular formula is C24H20F3NO3. The van der Waals surface area contributed by atoms with Crippen molar-refractivity contribution in [1.82, 2.24) is 0 Å². The molecule has 3 atom stereocenters. The first-order valence-corrected chi connectivity index (χ1v) is 9.45. The van der Waals surface area contributed by atoms with Gasteiger partial charge in [-0.15, -0.1) is 0 Å². The largest absolute Gasteiger partial charge is 0.481 e. The summed E-state index contributed by atoms with van der Waals surface area (Å²) in [6.45, 7) is 0. The van der Waals surface area contributed by atoms with Gasteiger partial charge in [-0.1, -0.05) is 42.2 Å². The molecule has 0 aliphatic heterocycles. The van der Waals surface area contributed by atoms with Crippen LogP contribution >= 0.6 is 0 Å². The first-order chi connectivity index (χ1) is 14.7. The summed E-state index contributed by atoms with van der Waals surface area (Å²) in [5, 5.41) is 20.1. The van der Waals surface area contributed by atoms with Crippen LogP contribution in [0.3, 0.4) is 0 Å². The molecule has 3 rings (SSSR count). The third-order valence-electron chi connectivity index (χ3n) is 5.02. The molecular weight excluding hydrogens is 407 g/mol. The van der Waals surface area contributed by atoms with Crippen molar-refractivity contribution in [2.75, 3.05) is 11.9 Å². The number of alkyl halides is 3. The number of carbonyl (C=O) groups is 1. The number of hydrogen-bond acceptors (Lipinski definition) is 3. The van der Waals surface area contributed by atoms with E-state index in [2.05, 4.69) is 11.8 Å². The zero-order valence-electron chi connectivity index (χ0n) is 16.5. The molecule has 2 N–H and O–H groups in total. The van der Waals surface area contributed by atoms with Gasteiger partial charge in [-0.3, -0.25) is 4.79 Å². The third-order valence-corrected chi connectivity index (χ3v) is 5.02. The number of aliphatic hydroxyl groups excluding tert-OH is 1. The summed E-state index contributed by atoms with van der Waals surface area (Å²) in [5.41, 5.74) is 0.733. The number of halogens is 3. The zero-order valence-corrected chi connectivity index (χ0v) is 16.5. The Hall–Kier alpha value is -3.50. The second kappa shape index (κ2) is 9.11. The highest BCUT2D eigenvalue weighted by atomic mass is 19.4. The van der Waals surface area contributed by atoms with E-state index in [1.807, 2.05) is 0 Å². The van der Waals surface area contributed by atoms with Gasteiger partial charge in [-0.2, -0.15) is 13.2 Å². The predicted molar refractivity (Wildman–Crippen MR) is 111 cm³/mol. The highest BCUT2D eigenvalue weighted by Crippen LogP contribution is 2.30. The first-order valence-electron chi connectivity index (χ1n) is 9.45. The Morgan fingerprint density at radius 1 is 1.03 bits per heavy atom. The van der Waals surface area contributed by atoms with E-state index in [1.165, 1.54) is 18.2 Å². The highest BCUT2D eigenvalue weighted by Gasteiger charge is 2.33. The van der Waals surface area contributed by atoms with Gasteiger partial charge in [0.2, 0.25) is 0 Å². The Balaban J connectivity index is 1.74. The minimum Gasteiger partial charge on any atom is -0.481 e. The number of anilines is 1. The van der Waals surface area contributed by atoms with E-state index in [-0.39, 0.29) is 5.56 Å². The Kier molecular flexibility index (Phi) is 6.52. The Morgan fingerprint density at radius 3 is 2.32 bits per heavy atom. The molecule has 160 valence electrons. The molecule has 0 heterocycles. The normalized spacial score (nSPS) is 18.7. The lowest BCUT2D eigenvalue weighted by Gasteiger charge is -2.33. The van der Waals surface area contributed by atoms with Crippen LogP contribution < -0.4 is 4.90 Å². The van der Waals surface area contributed by atoms with Crippen LogP contribution in [0.2, 0.25) is 0 Å². The van der Waals surface area contributed by atoms with Gasteiger partial charge in [0.05, 0.1) is 11.5 Å². The first kappa shape index (κ1) is 22.2. The van der Waals surface area contributed by atoms with Crippen LogP contribution in [0.4, 0.5) is 18.9 Å². The van der Waals surface area contributed by atoms with Crippen molar-refractivity contribution in [3.05, 3.63) is 89.5 Å². The van der Waals surface area contributed by atoms with E-state index < -0.39 is 35.8 Å². The molecule has 1 aliphatic rings. The lowest BCUT2D eigenvalue weighted by Crippen LogP contribution is -2.42. The van der Waals surface area contributed by atoms with Crippen molar-refractivity contribution in [3.8, 4) is 11.8 Å². The maximum atomic E-state index is 12.8. The summed E-state index contributed by atoms with van der Waals surface area (Å²) in [6.07, 6.45) is 1.05. The molecule has 0 amide bonds. The van der Waals surface area contributed by atoms with Crippen LogP contribution in [-0.2, 0) is 11.0 Å². The van der Waals surface area contributed by atoms with Gasteiger partial charge in [0.15, 0.2) is 0 Å². The van der Waals surface area contributed by atoms with Gasteiger partial charge < -0.3 is 15.1 Å². The zero-order chi connectivity index (χ0) is 22.6. The van der Waals surface area contributed by atoms with Crippen molar-refractivity contribution in [2.24, 2.45) is 11.8 Å². The Labute approximate surface area is 177 Å². The van der Waals surface area contributed by atoms with Crippen molar-refractivity contribution >= 4 is 11.7 Å². The summed E-state index contributed by atoms with van der Waals surface area (Å²) in [6, 6.07) is 11.6. The summed E-state index contributed by atoms with van der Waals surface area (Å²) in [5.74, 6) is 3.08. The SMILES string of the molecule is CN(c1ccc(C#Cc2cccc(C(F)(F)F)c2)cc1)C(O)C1C=CC=CC1C(=O)O. The summed E-state index contributed by atoms with van der Waals surface area (Å²) in [7, 11) is 1.65. The van der Waals surface area contributed by atoms with Crippen molar-refractivity contribution < 1.29 is 28.2 Å². The minimum absolute atomic E-state index is 0.253. The summed E-state index contributed by atoms with van der Waals surface area (Å²) in [4.78, 5) is 13.0. The smallest absolute Gasteiger partial charge is 0.416 e. The number of benzene rings is 2. The van der Waals surface area contributed by atoms with Gasteiger partial charge in [0.1, 0.15) is 6.23 Å². The molecule has 4 nitrogen and oxygen atoms in total. The number of nitrogens with zero attached hydrogens (tertiary/aromatic N) is 1. The fourth-order valence-electron chi connectivity index (χ4n) is 3.26. The van der Waals surface area contributed by atoms with Gasteiger partial charge in [0.25, 0.3) is 0 Å². The average molecular weight is 427 g/mol. The fourth-order valence-corrected chi connectivity index (χ4v) is 3.26. The van der Waals surface area contributed by atoms with Crippen LogP contribution in [0.5, 0.6) is 0 Å². The lowest BCUT2D eigenvalue weighted by molar-refractivity contribution is -0.142. The third kappa shape index (κ3) is 5.36. The van der Waals surface area contributed by atoms with Gasteiger partial charge in [-0.25, -0.2) is 0 Å². The van der Waals surface area contributed by atoms with Crippen LogP contribution in [0.25, 0.3) is 0 Å². The van der Waals surface area contributed by atoms with E-state index >= 15 is 0 Å². The number of allylic oxidation sites excluding steroid dienone is 2. The Bertz CT molecular complexity index is 1060. The second-order valence-electron chi connectivity index (χ2n) is 7.11. The van der Waals surface area contributed by atoms with Crippen molar-refractivity contribution in [2.45, 2.75) is 12.4 Å². The summed E-state index contributed by atoms with van der Waals surface area (Å²) < 4.78 is 38.4. The topological polar surface area (TPSA) is 60.8 Å². The van der Waals surface area contributed by atoms with Crippen LogP contribution in [0, 0.1) is 23.7 Å². The van der Waals surface area contributed by atoms with E-state index in [0.29, 0.717) is 11.3 Å². The molecule has 0 bridgehead atoms. The van der Waals surface area contributed by atoms with Crippen LogP contribution in [0.15, 0.2) is 72.8 Å². The molecule has 2 aromatic carbocycles. The molecule has 0 fully saturated rings. The van der Waals surface area contributed by atoms with E-state index in [0.717, 1.165) is 12.1 Å². The number of carboxylic acids is 1. The molecule has 0 saturated carbocycles. The minimum atomic E-state index is -4.42. The number of carboxylic acid groups (broad SMARTS) is 1. The lowest BCUT2D eigenvalue weighted by atomic mass is 9.86. The maximum Gasteiger partial charge on any atom is 0.416 e. The van der Waals surface area contributed by atoms with E-state index in [9.17, 15) is 28.2 Å². The molecule has 0 saturated heterocycles.